The standard InChI is InChI=1S/C25H32N2O5/c1-29-21-7-3-18(4-8-21)24(19-5-9-22(30-2)10-6-19)26-23(28)17-27-13-11-20(12-14-27)25-31-15-16-32-25/h3-10,20,24-25H,11-17H2,1-2H3,(H,26,28). The summed E-state index contributed by atoms with van der Waals surface area (Å²) in [4.78, 5) is 15.2. The van der Waals surface area contributed by atoms with Crippen molar-refractivity contribution in [2.45, 2.75) is 25.2 Å². The minimum atomic E-state index is -0.253. The zero-order valence-corrected chi connectivity index (χ0v) is 18.8. The highest BCUT2D eigenvalue weighted by Crippen LogP contribution is 2.27. The Balaban J connectivity index is 1.40. The number of methoxy groups -OCH3 is 2. The van der Waals surface area contributed by atoms with Gasteiger partial charge in [0.1, 0.15) is 11.5 Å². The Labute approximate surface area is 189 Å². The molecule has 2 aliphatic rings. The van der Waals surface area contributed by atoms with Gasteiger partial charge in [0.05, 0.1) is 40.0 Å². The lowest BCUT2D eigenvalue weighted by molar-refractivity contribution is -0.124. The molecule has 0 aliphatic carbocycles. The fourth-order valence-corrected chi connectivity index (χ4v) is 4.39. The summed E-state index contributed by atoms with van der Waals surface area (Å²) in [5.74, 6) is 2.00. The second kappa shape index (κ2) is 10.8. The highest BCUT2D eigenvalue weighted by atomic mass is 16.7. The third-order valence-corrected chi connectivity index (χ3v) is 6.24. The lowest BCUT2D eigenvalue weighted by Crippen LogP contribution is -2.44. The van der Waals surface area contributed by atoms with Gasteiger partial charge in [-0.2, -0.15) is 0 Å². The summed E-state index contributed by atoms with van der Waals surface area (Å²) in [6.07, 6.45) is 1.90. The van der Waals surface area contributed by atoms with Crippen molar-refractivity contribution in [2.75, 3.05) is 47.1 Å². The molecule has 0 unspecified atom stereocenters. The van der Waals surface area contributed by atoms with E-state index in [4.69, 9.17) is 18.9 Å². The number of amides is 1. The number of piperidine rings is 1. The molecule has 2 aromatic rings. The lowest BCUT2D eigenvalue weighted by Gasteiger charge is -2.33. The summed E-state index contributed by atoms with van der Waals surface area (Å²) in [6, 6.07) is 15.3. The van der Waals surface area contributed by atoms with Crippen LogP contribution in [0.1, 0.15) is 30.0 Å². The van der Waals surface area contributed by atoms with Gasteiger partial charge in [-0.15, -0.1) is 0 Å². The third kappa shape index (κ3) is 5.59. The smallest absolute Gasteiger partial charge is 0.234 e. The van der Waals surface area contributed by atoms with Crippen molar-refractivity contribution in [3.63, 3.8) is 0 Å². The van der Waals surface area contributed by atoms with Crippen LogP contribution in [-0.4, -0.2) is 64.2 Å². The molecule has 0 radical (unpaired) electrons. The number of hydrogen-bond donors (Lipinski definition) is 1. The van der Waals surface area contributed by atoms with E-state index in [1.165, 1.54) is 0 Å². The third-order valence-electron chi connectivity index (χ3n) is 6.24. The van der Waals surface area contributed by atoms with Crippen LogP contribution < -0.4 is 14.8 Å². The van der Waals surface area contributed by atoms with Crippen molar-refractivity contribution >= 4 is 5.91 Å². The molecular weight excluding hydrogens is 408 g/mol. The Morgan fingerprint density at radius 1 is 0.938 bits per heavy atom. The molecule has 1 N–H and O–H groups in total. The van der Waals surface area contributed by atoms with Crippen molar-refractivity contribution in [3.05, 3.63) is 59.7 Å². The summed E-state index contributed by atoms with van der Waals surface area (Å²) in [7, 11) is 3.29. The van der Waals surface area contributed by atoms with Gasteiger partial charge in [0.25, 0.3) is 0 Å². The normalized spacial score (nSPS) is 18.1. The van der Waals surface area contributed by atoms with Crippen LogP contribution in [-0.2, 0) is 14.3 Å². The first-order chi connectivity index (χ1) is 15.7. The largest absolute Gasteiger partial charge is 0.497 e. The van der Waals surface area contributed by atoms with Crippen molar-refractivity contribution < 1.29 is 23.7 Å². The molecule has 172 valence electrons. The number of hydrogen-bond acceptors (Lipinski definition) is 6. The molecule has 1 amide bonds. The van der Waals surface area contributed by atoms with E-state index in [1.807, 2.05) is 48.5 Å². The van der Waals surface area contributed by atoms with Crippen LogP contribution in [0.3, 0.4) is 0 Å². The molecule has 0 atom stereocenters. The summed E-state index contributed by atoms with van der Waals surface area (Å²) < 4.78 is 21.9. The molecule has 2 aromatic carbocycles. The molecule has 0 spiro atoms. The molecule has 0 bridgehead atoms. The number of benzene rings is 2. The summed E-state index contributed by atoms with van der Waals surface area (Å²) in [5.41, 5.74) is 2.00. The van der Waals surface area contributed by atoms with Gasteiger partial charge < -0.3 is 24.3 Å². The first kappa shape index (κ1) is 22.6. The minimum absolute atomic E-state index is 0.00783. The van der Waals surface area contributed by atoms with Crippen LogP contribution in [0.5, 0.6) is 11.5 Å². The van der Waals surface area contributed by atoms with E-state index in [1.54, 1.807) is 14.2 Å². The van der Waals surface area contributed by atoms with Gasteiger partial charge in [0.2, 0.25) is 5.91 Å². The Bertz CT molecular complexity index is 809. The fraction of sp³-hybridized carbons (Fsp3) is 0.480. The van der Waals surface area contributed by atoms with Crippen molar-refractivity contribution in [2.24, 2.45) is 5.92 Å². The van der Waals surface area contributed by atoms with Crippen LogP contribution in [0, 0.1) is 5.92 Å². The number of nitrogens with one attached hydrogen (secondary N) is 1. The van der Waals surface area contributed by atoms with Crippen LogP contribution in [0.25, 0.3) is 0 Å². The molecule has 4 rings (SSSR count). The maximum atomic E-state index is 13.0. The number of nitrogens with zero attached hydrogens (tertiary/aromatic N) is 1. The number of ether oxygens (including phenoxy) is 4. The van der Waals surface area contributed by atoms with Gasteiger partial charge in [0, 0.05) is 5.92 Å². The number of likely N-dealkylation sites (tertiary alicyclic amines) is 1. The molecule has 2 fully saturated rings. The molecule has 2 saturated heterocycles. The van der Waals surface area contributed by atoms with Gasteiger partial charge in [0.15, 0.2) is 6.29 Å². The average molecular weight is 441 g/mol. The van der Waals surface area contributed by atoms with E-state index >= 15 is 0 Å². The van der Waals surface area contributed by atoms with E-state index < -0.39 is 0 Å². The quantitative estimate of drug-likeness (QED) is 0.681. The van der Waals surface area contributed by atoms with Crippen LogP contribution in [0.4, 0.5) is 0 Å². The van der Waals surface area contributed by atoms with Gasteiger partial charge in [-0.3, -0.25) is 9.69 Å². The zero-order valence-electron chi connectivity index (χ0n) is 18.8. The van der Waals surface area contributed by atoms with Gasteiger partial charge in [-0.1, -0.05) is 24.3 Å². The molecule has 7 heteroatoms. The van der Waals surface area contributed by atoms with Crippen molar-refractivity contribution in [3.8, 4) is 11.5 Å². The van der Waals surface area contributed by atoms with Crippen molar-refractivity contribution in [1.29, 1.82) is 0 Å². The maximum absolute atomic E-state index is 13.0. The summed E-state index contributed by atoms with van der Waals surface area (Å²) in [6.45, 7) is 3.49. The molecule has 0 saturated carbocycles. The summed E-state index contributed by atoms with van der Waals surface area (Å²) >= 11 is 0. The molecule has 2 aliphatic heterocycles. The second-order valence-corrected chi connectivity index (χ2v) is 8.27. The maximum Gasteiger partial charge on any atom is 0.234 e. The lowest BCUT2D eigenvalue weighted by atomic mass is 9.96. The molecule has 2 heterocycles. The van der Waals surface area contributed by atoms with Crippen LogP contribution >= 0.6 is 0 Å². The van der Waals surface area contributed by atoms with Crippen molar-refractivity contribution in [1.82, 2.24) is 10.2 Å². The van der Waals surface area contributed by atoms with E-state index in [0.29, 0.717) is 25.7 Å². The second-order valence-electron chi connectivity index (χ2n) is 8.27. The zero-order chi connectivity index (χ0) is 22.3. The van der Waals surface area contributed by atoms with E-state index in [2.05, 4.69) is 10.2 Å². The van der Waals surface area contributed by atoms with Gasteiger partial charge >= 0.3 is 0 Å². The van der Waals surface area contributed by atoms with Gasteiger partial charge in [-0.25, -0.2) is 0 Å². The van der Waals surface area contributed by atoms with Gasteiger partial charge in [-0.05, 0) is 61.3 Å². The molecule has 32 heavy (non-hydrogen) atoms. The predicted octanol–water partition coefficient (Wildman–Crippen LogP) is 2.99. The van der Waals surface area contributed by atoms with E-state index in [9.17, 15) is 4.79 Å². The SMILES string of the molecule is COc1ccc(C(NC(=O)CN2CCC(C3OCCO3)CC2)c2ccc(OC)cc2)cc1. The number of rotatable bonds is 8. The Morgan fingerprint density at radius 3 is 1.91 bits per heavy atom. The van der Waals surface area contributed by atoms with E-state index in [0.717, 1.165) is 48.6 Å². The molecule has 7 nitrogen and oxygen atoms in total. The van der Waals surface area contributed by atoms with Crippen LogP contribution in [0.15, 0.2) is 48.5 Å². The monoisotopic (exact) mass is 440 g/mol. The highest BCUT2D eigenvalue weighted by Gasteiger charge is 2.31. The Morgan fingerprint density at radius 2 is 1.44 bits per heavy atom. The fourth-order valence-electron chi connectivity index (χ4n) is 4.39. The average Bonchev–Trinajstić information content (AvgIpc) is 3.38. The minimum Gasteiger partial charge on any atom is -0.497 e. The Kier molecular flexibility index (Phi) is 7.63. The van der Waals surface area contributed by atoms with Crippen LogP contribution in [0.2, 0.25) is 0 Å². The molecular formula is C25H32N2O5. The predicted molar refractivity (Wildman–Crippen MR) is 121 cm³/mol. The first-order valence-electron chi connectivity index (χ1n) is 11.2. The summed E-state index contributed by atoms with van der Waals surface area (Å²) in [5, 5.41) is 3.23. The molecule has 0 aromatic heterocycles. The Hall–Kier alpha value is -2.61. The first-order valence-corrected chi connectivity index (χ1v) is 11.2. The highest BCUT2D eigenvalue weighted by molar-refractivity contribution is 5.79. The topological polar surface area (TPSA) is 69.3 Å². The number of carbonyl (C=O) groups excluding carboxylic acids is 1. The van der Waals surface area contributed by atoms with E-state index in [-0.39, 0.29) is 18.2 Å². The number of carbonyl (C=O) groups is 1.